The molecule has 0 unspecified atom stereocenters. The maximum Gasteiger partial charge on any atom is 0.253 e. The molecule has 2 aromatic rings. The first-order valence-corrected chi connectivity index (χ1v) is 10.5. The molecule has 1 N–H and O–H groups in total. The van der Waals surface area contributed by atoms with Crippen molar-refractivity contribution in [3.8, 4) is 17.0 Å². The first-order chi connectivity index (χ1) is 13.7. The number of carbonyl (C=O) groups excluding carboxylic acids is 1. The molecule has 0 spiro atoms. The predicted octanol–water partition coefficient (Wildman–Crippen LogP) is 2.25. The van der Waals surface area contributed by atoms with E-state index in [9.17, 15) is 9.90 Å². The molecule has 7 nitrogen and oxygen atoms in total. The quantitative estimate of drug-likeness (QED) is 0.844. The minimum Gasteiger partial charge on any atom is -0.496 e. The van der Waals surface area contributed by atoms with E-state index in [0.29, 0.717) is 50.5 Å². The van der Waals surface area contributed by atoms with E-state index in [1.807, 2.05) is 17.5 Å². The van der Waals surface area contributed by atoms with E-state index in [1.165, 1.54) is 0 Å². The molecule has 8 heteroatoms. The Kier molecular flexibility index (Phi) is 5.79. The predicted molar refractivity (Wildman–Crippen MR) is 108 cm³/mol. The average molecular weight is 404 g/mol. The summed E-state index contributed by atoms with van der Waals surface area (Å²) < 4.78 is 10.9. The largest absolute Gasteiger partial charge is 0.496 e. The Morgan fingerprint density at radius 3 is 2.71 bits per heavy atom. The van der Waals surface area contributed by atoms with E-state index < -0.39 is 0 Å². The molecule has 0 saturated carbocycles. The number of amides is 1. The van der Waals surface area contributed by atoms with Gasteiger partial charge in [0.1, 0.15) is 5.75 Å². The molecule has 2 fully saturated rings. The van der Waals surface area contributed by atoms with Crippen molar-refractivity contribution in [3.63, 3.8) is 0 Å². The zero-order chi connectivity index (χ0) is 19.5. The third kappa shape index (κ3) is 3.99. The van der Waals surface area contributed by atoms with E-state index in [1.54, 1.807) is 29.4 Å². The summed E-state index contributed by atoms with van der Waals surface area (Å²) in [7, 11) is 1.63. The number of thiazole rings is 1. The van der Waals surface area contributed by atoms with Crippen molar-refractivity contribution in [2.24, 2.45) is 0 Å². The van der Waals surface area contributed by atoms with Crippen LogP contribution in [0.4, 0.5) is 5.13 Å². The van der Waals surface area contributed by atoms with Crippen molar-refractivity contribution >= 4 is 22.4 Å². The second-order valence-electron chi connectivity index (χ2n) is 7.05. The van der Waals surface area contributed by atoms with Crippen LogP contribution in [0.3, 0.4) is 0 Å². The monoisotopic (exact) mass is 403 g/mol. The zero-order valence-electron chi connectivity index (χ0n) is 16.0. The number of anilines is 1. The normalized spacial score (nSPS) is 18.4. The zero-order valence-corrected chi connectivity index (χ0v) is 16.8. The fourth-order valence-corrected chi connectivity index (χ4v) is 4.46. The van der Waals surface area contributed by atoms with E-state index in [2.05, 4.69) is 4.90 Å². The Bertz CT molecular complexity index is 827. The van der Waals surface area contributed by atoms with Crippen molar-refractivity contribution in [1.82, 2.24) is 9.88 Å². The molecule has 3 heterocycles. The van der Waals surface area contributed by atoms with E-state index >= 15 is 0 Å². The van der Waals surface area contributed by atoms with E-state index in [4.69, 9.17) is 14.5 Å². The third-order valence-electron chi connectivity index (χ3n) is 5.25. The molecule has 28 heavy (non-hydrogen) atoms. The smallest absolute Gasteiger partial charge is 0.253 e. The lowest BCUT2D eigenvalue weighted by molar-refractivity contribution is 0.0546. The number of piperidine rings is 1. The van der Waals surface area contributed by atoms with Crippen LogP contribution in [0.25, 0.3) is 11.3 Å². The highest BCUT2D eigenvalue weighted by atomic mass is 32.1. The molecular formula is C20H25N3O4S. The minimum absolute atomic E-state index is 0.0144. The number of hydrogen-bond acceptors (Lipinski definition) is 7. The summed E-state index contributed by atoms with van der Waals surface area (Å²) in [5.74, 6) is 0.684. The highest BCUT2D eigenvalue weighted by Crippen LogP contribution is 2.34. The van der Waals surface area contributed by atoms with Crippen molar-refractivity contribution < 1.29 is 19.4 Å². The molecule has 0 bridgehead atoms. The van der Waals surface area contributed by atoms with Gasteiger partial charge in [-0.25, -0.2) is 4.98 Å². The number of nitrogens with zero attached hydrogens (tertiary/aromatic N) is 3. The summed E-state index contributed by atoms with van der Waals surface area (Å²) >= 11 is 1.59. The third-order valence-corrected chi connectivity index (χ3v) is 6.15. The topological polar surface area (TPSA) is 75.1 Å². The van der Waals surface area contributed by atoms with Gasteiger partial charge in [-0.1, -0.05) is 0 Å². The Morgan fingerprint density at radius 1 is 1.25 bits per heavy atom. The summed E-state index contributed by atoms with van der Waals surface area (Å²) in [5.41, 5.74) is 2.25. The number of aliphatic hydroxyl groups excluding tert-OH is 1. The van der Waals surface area contributed by atoms with Crippen LogP contribution >= 0.6 is 11.3 Å². The van der Waals surface area contributed by atoms with Crippen LogP contribution < -0.4 is 9.64 Å². The standard InChI is InChI=1S/C20H25N3O4S/c1-26-18-3-2-14(19(25)22-6-4-15(24)5-7-22)12-16(18)17-13-28-20(21-17)23-8-10-27-11-9-23/h2-3,12-13,15,24H,4-11H2,1H3. The average Bonchev–Trinajstić information content (AvgIpc) is 3.24. The molecule has 1 aromatic heterocycles. The SMILES string of the molecule is COc1ccc(C(=O)N2CCC(O)CC2)cc1-c1csc(N2CCOCC2)n1. The summed E-state index contributed by atoms with van der Waals surface area (Å²) in [6, 6.07) is 5.49. The van der Waals surface area contributed by atoms with Gasteiger partial charge in [0, 0.05) is 42.7 Å². The molecule has 2 aliphatic rings. The maximum absolute atomic E-state index is 12.9. The number of benzene rings is 1. The molecule has 0 aliphatic carbocycles. The van der Waals surface area contributed by atoms with Crippen LogP contribution in [0.2, 0.25) is 0 Å². The number of hydrogen-bond donors (Lipinski definition) is 1. The van der Waals surface area contributed by atoms with Crippen molar-refractivity contribution in [2.75, 3.05) is 51.4 Å². The van der Waals surface area contributed by atoms with E-state index in [-0.39, 0.29) is 12.0 Å². The maximum atomic E-state index is 12.9. The number of aromatic nitrogens is 1. The first-order valence-electron chi connectivity index (χ1n) is 9.59. The molecule has 2 saturated heterocycles. The number of rotatable bonds is 4. The van der Waals surface area contributed by atoms with Gasteiger partial charge in [-0.15, -0.1) is 11.3 Å². The lowest BCUT2D eigenvalue weighted by atomic mass is 10.0. The van der Waals surface area contributed by atoms with Gasteiger partial charge >= 0.3 is 0 Å². The fourth-order valence-electron chi connectivity index (χ4n) is 3.58. The van der Waals surface area contributed by atoms with Crippen LogP contribution in [0.15, 0.2) is 23.6 Å². The lowest BCUT2D eigenvalue weighted by Crippen LogP contribution is -2.40. The lowest BCUT2D eigenvalue weighted by Gasteiger charge is -2.29. The van der Waals surface area contributed by atoms with Crippen LogP contribution in [-0.4, -0.2) is 73.5 Å². The number of carbonyl (C=O) groups is 1. The molecular weight excluding hydrogens is 378 g/mol. The van der Waals surface area contributed by atoms with E-state index in [0.717, 1.165) is 29.5 Å². The molecule has 0 radical (unpaired) electrons. The van der Waals surface area contributed by atoms with Gasteiger partial charge in [0.05, 0.1) is 32.1 Å². The molecule has 150 valence electrons. The summed E-state index contributed by atoms with van der Waals surface area (Å²) in [4.78, 5) is 21.7. The second kappa shape index (κ2) is 8.46. The van der Waals surface area contributed by atoms with Crippen LogP contribution in [-0.2, 0) is 4.74 Å². The number of methoxy groups -OCH3 is 1. The number of ether oxygens (including phenoxy) is 2. The highest BCUT2D eigenvalue weighted by Gasteiger charge is 2.24. The van der Waals surface area contributed by atoms with Gasteiger partial charge < -0.3 is 24.4 Å². The molecule has 0 atom stereocenters. The van der Waals surface area contributed by atoms with Crippen LogP contribution in [0, 0.1) is 0 Å². The highest BCUT2D eigenvalue weighted by molar-refractivity contribution is 7.14. The van der Waals surface area contributed by atoms with Crippen molar-refractivity contribution in [1.29, 1.82) is 0 Å². The van der Waals surface area contributed by atoms with Crippen molar-refractivity contribution in [2.45, 2.75) is 18.9 Å². The van der Waals surface area contributed by atoms with Gasteiger partial charge in [-0.3, -0.25) is 4.79 Å². The van der Waals surface area contributed by atoms with Crippen LogP contribution in [0.5, 0.6) is 5.75 Å². The number of aliphatic hydroxyl groups is 1. The second-order valence-corrected chi connectivity index (χ2v) is 7.89. The fraction of sp³-hybridized carbons (Fsp3) is 0.500. The molecule has 1 aromatic carbocycles. The molecule has 1 amide bonds. The van der Waals surface area contributed by atoms with Crippen molar-refractivity contribution in [3.05, 3.63) is 29.1 Å². The van der Waals surface area contributed by atoms with Gasteiger partial charge in [0.15, 0.2) is 5.13 Å². The van der Waals surface area contributed by atoms with Gasteiger partial charge in [0.25, 0.3) is 5.91 Å². The number of likely N-dealkylation sites (tertiary alicyclic amines) is 1. The number of morpholine rings is 1. The molecule has 2 aliphatic heterocycles. The van der Waals surface area contributed by atoms with Gasteiger partial charge in [-0.2, -0.15) is 0 Å². The van der Waals surface area contributed by atoms with Gasteiger partial charge in [-0.05, 0) is 31.0 Å². The van der Waals surface area contributed by atoms with Gasteiger partial charge in [0.2, 0.25) is 0 Å². The summed E-state index contributed by atoms with van der Waals surface area (Å²) in [6.45, 7) is 4.27. The Morgan fingerprint density at radius 2 is 2.00 bits per heavy atom. The first kappa shape index (κ1) is 19.2. The Hall–Kier alpha value is -2.16. The summed E-state index contributed by atoms with van der Waals surface area (Å²) in [5, 5.41) is 12.6. The molecule has 4 rings (SSSR count). The summed E-state index contributed by atoms with van der Waals surface area (Å²) in [6.07, 6.45) is 0.956. The Labute approximate surface area is 168 Å². The Balaban J connectivity index is 1.59. The minimum atomic E-state index is -0.302. The van der Waals surface area contributed by atoms with Crippen LogP contribution in [0.1, 0.15) is 23.2 Å².